The summed E-state index contributed by atoms with van der Waals surface area (Å²) in [6.07, 6.45) is 3.00. The van der Waals surface area contributed by atoms with Gasteiger partial charge in [0, 0.05) is 13.2 Å². The van der Waals surface area contributed by atoms with E-state index in [1.165, 1.54) is 18.3 Å². The number of anilines is 1. The van der Waals surface area contributed by atoms with Crippen molar-refractivity contribution in [2.24, 2.45) is 0 Å². The second-order valence-electron chi connectivity index (χ2n) is 4.29. The van der Waals surface area contributed by atoms with Crippen LogP contribution in [0, 0.1) is 19.7 Å². The standard InChI is InChI=1S/C13H13FN2O2S2.2C2H6.H2/c1-7-4-9(14)5-10(8(7)2)12(17)16-13-15-6-11(19-13)20(3)18;2*1-2;/h4-6H,1-3H3,(H,15,16,17);2*1-2H3;1H. The molecule has 2 aromatic rings. The molecule has 0 saturated heterocycles. The lowest BCUT2D eigenvalue weighted by Crippen LogP contribution is -2.14. The molecular weight excluding hydrogens is 347 g/mol. The van der Waals surface area contributed by atoms with Crippen molar-refractivity contribution in [1.29, 1.82) is 0 Å². The molecule has 1 aromatic heterocycles. The topological polar surface area (TPSA) is 59.1 Å². The summed E-state index contributed by atoms with van der Waals surface area (Å²) in [6.45, 7) is 11.5. The number of carbonyl (C=O) groups excluding carboxylic acids is 1. The third-order valence-corrected chi connectivity index (χ3v) is 5.20. The van der Waals surface area contributed by atoms with Crippen LogP contribution in [0.1, 0.15) is 50.6 Å². The number of aryl methyl sites for hydroxylation is 1. The number of halogens is 1. The first kappa shape index (κ1) is 22.4. The van der Waals surface area contributed by atoms with Gasteiger partial charge in [-0.15, -0.1) is 0 Å². The van der Waals surface area contributed by atoms with E-state index in [1.807, 2.05) is 27.7 Å². The van der Waals surface area contributed by atoms with Crippen molar-refractivity contribution in [3.8, 4) is 0 Å². The average molecular weight is 375 g/mol. The smallest absolute Gasteiger partial charge is 0.257 e. The first-order chi connectivity index (χ1) is 11.4. The van der Waals surface area contributed by atoms with E-state index in [0.717, 1.165) is 16.9 Å². The molecule has 136 valence electrons. The minimum atomic E-state index is -1.13. The maximum Gasteiger partial charge on any atom is 0.257 e. The van der Waals surface area contributed by atoms with E-state index in [-0.39, 0.29) is 6.99 Å². The normalized spacial score (nSPS) is 10.7. The molecule has 0 fully saturated rings. The van der Waals surface area contributed by atoms with Crippen molar-refractivity contribution in [2.45, 2.75) is 45.8 Å². The molecule has 1 heterocycles. The van der Waals surface area contributed by atoms with Gasteiger partial charge in [0.1, 0.15) is 10.0 Å². The highest BCUT2D eigenvalue weighted by Crippen LogP contribution is 2.22. The van der Waals surface area contributed by atoms with Gasteiger partial charge >= 0.3 is 0 Å². The van der Waals surface area contributed by atoms with E-state index < -0.39 is 22.5 Å². The quantitative estimate of drug-likeness (QED) is 0.804. The average Bonchev–Trinajstić information content (AvgIpc) is 3.03. The number of nitrogens with one attached hydrogen (secondary N) is 1. The summed E-state index contributed by atoms with van der Waals surface area (Å²) < 4.78 is 25.2. The molecule has 2 rings (SSSR count). The van der Waals surface area contributed by atoms with Crippen molar-refractivity contribution >= 4 is 33.2 Å². The van der Waals surface area contributed by atoms with Crippen molar-refractivity contribution in [3.05, 3.63) is 40.8 Å². The highest BCUT2D eigenvalue weighted by Gasteiger charge is 2.14. The molecule has 0 bridgehead atoms. The van der Waals surface area contributed by atoms with Crippen molar-refractivity contribution in [3.63, 3.8) is 0 Å². The molecule has 0 aliphatic rings. The second-order valence-corrected chi connectivity index (χ2v) is 6.93. The lowest BCUT2D eigenvalue weighted by molar-refractivity contribution is 0.102. The fourth-order valence-electron chi connectivity index (χ4n) is 1.67. The monoisotopic (exact) mass is 374 g/mol. The van der Waals surface area contributed by atoms with E-state index >= 15 is 0 Å². The van der Waals surface area contributed by atoms with Crippen LogP contribution in [0.4, 0.5) is 9.52 Å². The first-order valence-corrected chi connectivity index (χ1v) is 10.1. The van der Waals surface area contributed by atoms with Crippen LogP contribution in [-0.2, 0) is 10.8 Å². The van der Waals surface area contributed by atoms with Crippen LogP contribution < -0.4 is 5.32 Å². The summed E-state index contributed by atoms with van der Waals surface area (Å²) in [6, 6.07) is 2.58. The van der Waals surface area contributed by atoms with E-state index in [2.05, 4.69) is 10.3 Å². The minimum Gasteiger partial charge on any atom is -0.298 e. The Balaban J connectivity index is 0. The van der Waals surface area contributed by atoms with Gasteiger partial charge < -0.3 is 0 Å². The molecule has 0 aliphatic carbocycles. The fraction of sp³-hybridized carbons (Fsp3) is 0.412. The number of benzene rings is 1. The third-order valence-electron chi connectivity index (χ3n) is 2.87. The van der Waals surface area contributed by atoms with Crippen LogP contribution >= 0.6 is 11.3 Å². The van der Waals surface area contributed by atoms with Gasteiger partial charge in [0.15, 0.2) is 5.13 Å². The van der Waals surface area contributed by atoms with Crippen LogP contribution in [0.25, 0.3) is 0 Å². The molecular formula is C17H27FN2O2S2. The van der Waals surface area contributed by atoms with E-state index in [1.54, 1.807) is 20.1 Å². The van der Waals surface area contributed by atoms with Gasteiger partial charge in [-0.2, -0.15) is 0 Å². The van der Waals surface area contributed by atoms with Crippen molar-refractivity contribution in [2.75, 3.05) is 11.6 Å². The summed E-state index contributed by atoms with van der Waals surface area (Å²) in [7, 11) is -1.13. The molecule has 1 atom stereocenters. The summed E-state index contributed by atoms with van der Waals surface area (Å²) in [5.41, 5.74) is 1.71. The zero-order valence-corrected chi connectivity index (χ0v) is 16.8. The first-order valence-electron chi connectivity index (χ1n) is 7.76. The van der Waals surface area contributed by atoms with Gasteiger partial charge in [-0.1, -0.05) is 39.0 Å². The molecule has 1 N–H and O–H groups in total. The molecule has 0 radical (unpaired) electrons. The van der Waals surface area contributed by atoms with E-state index in [4.69, 9.17) is 0 Å². The molecule has 1 aromatic carbocycles. The summed E-state index contributed by atoms with van der Waals surface area (Å²) >= 11 is 1.14. The maximum atomic E-state index is 13.4. The molecule has 0 aliphatic heterocycles. The van der Waals surface area contributed by atoms with Crippen LogP contribution in [0.2, 0.25) is 0 Å². The largest absolute Gasteiger partial charge is 0.298 e. The SMILES string of the molecule is CC.CC.Cc1cc(F)cc(C(=O)Nc2ncc(S(C)=O)s2)c1C.[HH]. The summed E-state index contributed by atoms with van der Waals surface area (Å²) in [4.78, 5) is 16.1. The number of hydrogen-bond acceptors (Lipinski definition) is 4. The predicted molar refractivity (Wildman–Crippen MR) is 103 cm³/mol. The Morgan fingerprint density at radius 2 is 1.83 bits per heavy atom. The lowest BCUT2D eigenvalue weighted by atomic mass is 10.0. The Hall–Kier alpha value is -1.60. The van der Waals surface area contributed by atoms with Crippen LogP contribution in [0.15, 0.2) is 22.5 Å². The lowest BCUT2D eigenvalue weighted by Gasteiger charge is -2.08. The Kier molecular flexibility index (Phi) is 10.3. The zero-order chi connectivity index (χ0) is 18.9. The molecule has 1 unspecified atom stereocenters. The fourth-order valence-corrected chi connectivity index (χ4v) is 3.12. The number of amides is 1. The second kappa shape index (κ2) is 11.0. The molecule has 1 amide bonds. The molecule has 24 heavy (non-hydrogen) atoms. The van der Waals surface area contributed by atoms with E-state index in [9.17, 15) is 13.4 Å². The molecule has 0 saturated carbocycles. The van der Waals surface area contributed by atoms with Gasteiger partial charge in [-0.3, -0.25) is 14.3 Å². The predicted octanol–water partition coefficient (Wildman–Crippen LogP) is 5.19. The summed E-state index contributed by atoms with van der Waals surface area (Å²) in [5.74, 6) is -0.874. The highest BCUT2D eigenvalue weighted by molar-refractivity contribution is 7.86. The van der Waals surface area contributed by atoms with Crippen molar-refractivity contribution in [1.82, 2.24) is 4.98 Å². The Bertz CT molecular complexity index is 706. The third kappa shape index (κ3) is 6.13. The maximum absolute atomic E-state index is 13.4. The van der Waals surface area contributed by atoms with Gasteiger partial charge in [0.2, 0.25) is 0 Å². The zero-order valence-electron chi connectivity index (χ0n) is 15.2. The highest BCUT2D eigenvalue weighted by atomic mass is 32.2. The summed E-state index contributed by atoms with van der Waals surface area (Å²) in [5, 5.41) is 2.94. The van der Waals surface area contributed by atoms with Gasteiger partial charge in [0.05, 0.1) is 17.0 Å². The van der Waals surface area contributed by atoms with Gasteiger partial charge in [0.25, 0.3) is 5.91 Å². The van der Waals surface area contributed by atoms with Crippen LogP contribution in [0.3, 0.4) is 0 Å². The number of carbonyl (C=O) groups is 1. The van der Waals surface area contributed by atoms with Gasteiger partial charge in [-0.25, -0.2) is 9.37 Å². The molecule has 0 spiro atoms. The van der Waals surface area contributed by atoms with Crippen molar-refractivity contribution < 1.29 is 14.8 Å². The van der Waals surface area contributed by atoms with Crippen LogP contribution in [-0.4, -0.2) is 21.4 Å². The van der Waals surface area contributed by atoms with Crippen LogP contribution in [0.5, 0.6) is 0 Å². The number of rotatable bonds is 3. The van der Waals surface area contributed by atoms with Gasteiger partial charge in [-0.05, 0) is 37.1 Å². The number of nitrogens with zero attached hydrogens (tertiary/aromatic N) is 1. The molecule has 4 nitrogen and oxygen atoms in total. The number of aromatic nitrogens is 1. The number of hydrogen-bond donors (Lipinski definition) is 1. The Morgan fingerprint density at radius 3 is 2.33 bits per heavy atom. The Morgan fingerprint density at radius 1 is 1.25 bits per heavy atom. The molecule has 7 heteroatoms. The van der Waals surface area contributed by atoms with E-state index in [0.29, 0.717) is 14.9 Å². The number of thiazole rings is 1. The minimum absolute atomic E-state index is 0. The Labute approximate surface area is 151 Å².